The number of ketones is 1. The van der Waals surface area contributed by atoms with Crippen LogP contribution in [0, 0.1) is 5.41 Å². The van der Waals surface area contributed by atoms with Gasteiger partial charge in [0.25, 0.3) is 0 Å². The Balaban J connectivity index is 2.04. The van der Waals surface area contributed by atoms with Gasteiger partial charge in [-0.1, -0.05) is 55.2 Å². The predicted molar refractivity (Wildman–Crippen MR) is 103 cm³/mol. The van der Waals surface area contributed by atoms with Crippen LogP contribution in [0.2, 0.25) is 10.0 Å². The summed E-state index contributed by atoms with van der Waals surface area (Å²) in [5.41, 5.74) is 1.05. The molecule has 3 nitrogen and oxygen atoms in total. The molecule has 0 saturated heterocycles. The predicted octanol–water partition coefficient (Wildman–Crippen LogP) is 5.95. The van der Waals surface area contributed by atoms with Crippen molar-refractivity contribution in [2.24, 2.45) is 5.41 Å². The molecular weight excluding hydrogens is 371 g/mol. The molecule has 0 fully saturated rings. The molecule has 5 heteroatoms. The molecule has 0 radical (unpaired) electrons. The molecule has 1 aliphatic carbocycles. The lowest BCUT2D eigenvalue weighted by Crippen LogP contribution is -2.27. The summed E-state index contributed by atoms with van der Waals surface area (Å²) < 4.78 is 5.66. The zero-order chi connectivity index (χ0) is 18.9. The van der Waals surface area contributed by atoms with Gasteiger partial charge in [-0.25, -0.2) is 4.79 Å². The summed E-state index contributed by atoms with van der Waals surface area (Å²) >= 11 is 12.2. The van der Waals surface area contributed by atoms with Gasteiger partial charge in [0.15, 0.2) is 5.78 Å². The Morgan fingerprint density at radius 2 is 1.65 bits per heavy atom. The number of hydrogen-bond donors (Lipinski definition) is 0. The van der Waals surface area contributed by atoms with Crippen molar-refractivity contribution in [1.82, 2.24) is 0 Å². The summed E-state index contributed by atoms with van der Waals surface area (Å²) in [6, 6.07) is 13.5. The summed E-state index contributed by atoms with van der Waals surface area (Å²) in [4.78, 5) is 25.4. The summed E-state index contributed by atoms with van der Waals surface area (Å²) in [7, 11) is 0. The Bertz CT molecular complexity index is 896. The maximum absolute atomic E-state index is 12.8. The lowest BCUT2D eigenvalue weighted by atomic mass is 9.75. The lowest BCUT2D eigenvalue weighted by Gasteiger charge is -2.31. The third kappa shape index (κ3) is 4.00. The fourth-order valence-corrected chi connectivity index (χ4v) is 3.43. The van der Waals surface area contributed by atoms with Gasteiger partial charge >= 0.3 is 5.97 Å². The van der Waals surface area contributed by atoms with E-state index in [4.69, 9.17) is 27.9 Å². The largest absolute Gasteiger partial charge is 0.427 e. The highest BCUT2D eigenvalue weighted by atomic mass is 35.5. The van der Waals surface area contributed by atoms with E-state index in [-0.39, 0.29) is 11.2 Å². The molecule has 26 heavy (non-hydrogen) atoms. The molecule has 0 atom stereocenters. The van der Waals surface area contributed by atoms with Crippen LogP contribution in [0.1, 0.15) is 42.6 Å². The third-order valence-electron chi connectivity index (χ3n) is 4.27. The fourth-order valence-electron chi connectivity index (χ4n) is 3.07. The molecule has 0 N–H and O–H groups in total. The summed E-state index contributed by atoms with van der Waals surface area (Å²) in [6.45, 7) is 3.95. The second-order valence-electron chi connectivity index (χ2n) is 7.12. The number of rotatable bonds is 3. The van der Waals surface area contributed by atoms with Crippen LogP contribution >= 0.6 is 23.2 Å². The summed E-state index contributed by atoms with van der Waals surface area (Å²) in [5, 5.41) is 0.988. The Kier molecular flexibility index (Phi) is 5.22. The highest BCUT2D eigenvalue weighted by Crippen LogP contribution is 2.42. The van der Waals surface area contributed by atoms with Crippen molar-refractivity contribution in [2.75, 3.05) is 0 Å². The van der Waals surface area contributed by atoms with Crippen LogP contribution in [-0.4, -0.2) is 11.8 Å². The first-order valence-electron chi connectivity index (χ1n) is 8.26. The Labute approximate surface area is 162 Å². The third-order valence-corrected chi connectivity index (χ3v) is 4.86. The Morgan fingerprint density at radius 3 is 2.31 bits per heavy atom. The highest BCUT2D eigenvalue weighted by molar-refractivity contribution is 6.35. The maximum atomic E-state index is 12.8. The molecule has 3 rings (SSSR count). The van der Waals surface area contributed by atoms with Crippen molar-refractivity contribution < 1.29 is 14.3 Å². The van der Waals surface area contributed by atoms with Crippen molar-refractivity contribution in [3.05, 3.63) is 75.5 Å². The second-order valence-corrected chi connectivity index (χ2v) is 7.96. The number of allylic oxidation sites excluding steroid dienone is 2. The molecule has 0 aliphatic heterocycles. The highest BCUT2D eigenvalue weighted by Gasteiger charge is 2.36. The van der Waals surface area contributed by atoms with Crippen LogP contribution in [0.25, 0.3) is 5.57 Å². The van der Waals surface area contributed by atoms with Gasteiger partial charge < -0.3 is 4.74 Å². The Morgan fingerprint density at radius 1 is 1.00 bits per heavy atom. The van der Waals surface area contributed by atoms with Gasteiger partial charge in [0.1, 0.15) is 5.76 Å². The molecule has 0 spiro atoms. The monoisotopic (exact) mass is 388 g/mol. The van der Waals surface area contributed by atoms with Crippen LogP contribution in [-0.2, 0) is 9.53 Å². The van der Waals surface area contributed by atoms with Gasteiger partial charge in [-0.2, -0.15) is 0 Å². The fraction of sp³-hybridized carbons (Fsp3) is 0.238. The number of ether oxygens (including phenoxy) is 1. The first-order valence-corrected chi connectivity index (χ1v) is 9.01. The van der Waals surface area contributed by atoms with Crippen molar-refractivity contribution in [2.45, 2.75) is 26.7 Å². The van der Waals surface area contributed by atoms with E-state index >= 15 is 0 Å². The SMILES string of the molecule is CC1(C)CC(=O)C(c2ccccc2Cl)=C(OC(=O)c2ccc(Cl)cc2)C1. The van der Waals surface area contributed by atoms with E-state index in [1.807, 2.05) is 13.8 Å². The zero-order valence-corrected chi connectivity index (χ0v) is 16.0. The molecule has 0 aromatic heterocycles. The molecule has 0 heterocycles. The van der Waals surface area contributed by atoms with Crippen molar-refractivity contribution in [3.63, 3.8) is 0 Å². The van der Waals surface area contributed by atoms with Crippen LogP contribution in [0.4, 0.5) is 0 Å². The first-order chi connectivity index (χ1) is 12.3. The van der Waals surface area contributed by atoms with Crippen LogP contribution in [0.15, 0.2) is 54.3 Å². The van der Waals surface area contributed by atoms with E-state index in [1.165, 1.54) is 0 Å². The number of esters is 1. The van der Waals surface area contributed by atoms with E-state index in [0.717, 1.165) is 0 Å². The van der Waals surface area contributed by atoms with Crippen molar-refractivity contribution in [3.8, 4) is 0 Å². The van der Waals surface area contributed by atoms with Crippen LogP contribution in [0.5, 0.6) is 0 Å². The van der Waals surface area contributed by atoms with Gasteiger partial charge in [-0.15, -0.1) is 0 Å². The van der Waals surface area contributed by atoms with Crippen molar-refractivity contribution >= 4 is 40.5 Å². The summed E-state index contributed by atoms with van der Waals surface area (Å²) in [6.07, 6.45) is 0.841. The zero-order valence-electron chi connectivity index (χ0n) is 14.5. The molecule has 1 aliphatic rings. The molecule has 2 aromatic rings. The number of benzene rings is 2. The molecule has 0 amide bonds. The van der Waals surface area contributed by atoms with Gasteiger partial charge in [-0.05, 0) is 35.7 Å². The Hall–Kier alpha value is -2.10. The minimum Gasteiger partial charge on any atom is -0.427 e. The van der Waals surface area contributed by atoms with Crippen molar-refractivity contribution in [1.29, 1.82) is 0 Å². The molecule has 134 valence electrons. The molecular formula is C21H18Cl2O3. The van der Waals surface area contributed by atoms with Crippen LogP contribution in [0.3, 0.4) is 0 Å². The number of carbonyl (C=O) groups excluding carboxylic acids is 2. The summed E-state index contributed by atoms with van der Waals surface area (Å²) in [5.74, 6) is -0.237. The van der Waals surface area contributed by atoms with Gasteiger partial charge in [0.05, 0.1) is 11.1 Å². The van der Waals surface area contributed by atoms with E-state index in [1.54, 1.807) is 48.5 Å². The lowest BCUT2D eigenvalue weighted by molar-refractivity contribution is -0.116. The van der Waals surface area contributed by atoms with Gasteiger partial charge in [-0.3, -0.25) is 4.79 Å². The topological polar surface area (TPSA) is 43.4 Å². The maximum Gasteiger partial charge on any atom is 0.343 e. The van der Waals surface area contributed by atoms with Crippen LogP contribution < -0.4 is 0 Å². The van der Waals surface area contributed by atoms with E-state index in [9.17, 15) is 9.59 Å². The van der Waals surface area contributed by atoms with Gasteiger partial charge in [0.2, 0.25) is 0 Å². The number of Topliss-reactive ketones (excluding diaryl/α,β-unsaturated/α-hetero) is 1. The number of halogens is 2. The normalized spacial score (nSPS) is 16.5. The van der Waals surface area contributed by atoms with E-state index in [2.05, 4.69) is 0 Å². The van der Waals surface area contributed by atoms with E-state index < -0.39 is 5.97 Å². The average Bonchev–Trinajstić information content (AvgIpc) is 2.55. The van der Waals surface area contributed by atoms with Gasteiger partial charge in [0, 0.05) is 28.5 Å². The van der Waals surface area contributed by atoms with E-state index in [0.29, 0.717) is 45.3 Å². The minimum atomic E-state index is -0.522. The minimum absolute atomic E-state index is 0.0757. The quantitative estimate of drug-likeness (QED) is 0.609. The standard InChI is InChI=1S/C21H18Cl2O3/c1-21(2)11-17(24)19(15-5-3-4-6-16(15)23)18(12-21)26-20(25)13-7-9-14(22)10-8-13/h3-10H,11-12H2,1-2H3. The smallest absolute Gasteiger partial charge is 0.343 e. The number of hydrogen-bond acceptors (Lipinski definition) is 3. The molecule has 0 saturated carbocycles. The molecule has 0 bridgehead atoms. The molecule has 2 aromatic carbocycles. The average molecular weight is 389 g/mol. The number of carbonyl (C=O) groups is 2. The molecule has 0 unspecified atom stereocenters. The first kappa shape index (κ1) is 18.7. The second kappa shape index (κ2) is 7.26.